The third kappa shape index (κ3) is 5.32. The number of nitrogens with zero attached hydrogens (tertiary/aromatic N) is 4. The van der Waals surface area contributed by atoms with Crippen LogP contribution in [0.3, 0.4) is 0 Å². The summed E-state index contributed by atoms with van der Waals surface area (Å²) in [5.74, 6) is 0.227. The summed E-state index contributed by atoms with van der Waals surface area (Å²) in [7, 11) is -8.79. The van der Waals surface area contributed by atoms with Gasteiger partial charge >= 0.3 is 0 Å². The van der Waals surface area contributed by atoms with E-state index in [9.17, 15) is 16.8 Å². The first-order valence-electron chi connectivity index (χ1n) is 9.09. The Morgan fingerprint density at radius 2 is 1.79 bits per heavy atom. The molecular weight excluding hydrogens is 515 g/mol. The Hall–Kier alpha value is -2.20. The molecule has 0 amide bonds. The van der Waals surface area contributed by atoms with Crippen molar-refractivity contribution in [3.63, 3.8) is 0 Å². The molecule has 0 unspecified atom stereocenters. The van der Waals surface area contributed by atoms with Crippen molar-refractivity contribution in [2.75, 3.05) is 25.5 Å². The molecule has 0 radical (unpaired) electrons. The summed E-state index contributed by atoms with van der Waals surface area (Å²) >= 11 is 0. The van der Waals surface area contributed by atoms with Crippen LogP contribution >= 0.6 is 24.8 Å². The minimum absolute atomic E-state index is 0. The van der Waals surface area contributed by atoms with Crippen LogP contribution in [0.15, 0.2) is 55.5 Å². The number of sulfonamides is 2. The summed E-state index contributed by atoms with van der Waals surface area (Å²) in [6.07, 6.45) is 1.43. The molecule has 180 valence electrons. The number of aromatic nitrogens is 1. The van der Waals surface area contributed by atoms with Gasteiger partial charge in [0.25, 0.3) is 0 Å². The second-order valence-corrected chi connectivity index (χ2v) is 10.6. The van der Waals surface area contributed by atoms with Gasteiger partial charge in [-0.3, -0.25) is 0 Å². The summed E-state index contributed by atoms with van der Waals surface area (Å²) in [5.41, 5.74) is 5.64. The normalized spacial score (nSPS) is 16.8. The molecule has 3 heterocycles. The van der Waals surface area contributed by atoms with E-state index < -0.39 is 35.4 Å². The smallest absolute Gasteiger partial charge is 0.242 e. The number of nitrogen functional groups attached to an aromatic ring is 1. The number of benzene rings is 1. The highest BCUT2D eigenvalue weighted by Gasteiger charge is 2.39. The van der Waals surface area contributed by atoms with Gasteiger partial charge in [0.2, 0.25) is 20.0 Å². The SMILES string of the molecule is CC1(NS(=O)(=O)c2ccc(-c3ccc(N)nc3)c(C3=NCN=N3)c2S(N)(=O)=O)CNC1.Cl.Cl. The van der Waals surface area contributed by atoms with Gasteiger partial charge in [0.1, 0.15) is 15.6 Å². The van der Waals surface area contributed by atoms with Crippen LogP contribution in [-0.4, -0.2) is 53.0 Å². The van der Waals surface area contributed by atoms with Gasteiger partial charge in [-0.2, -0.15) is 5.11 Å². The van der Waals surface area contributed by atoms with Gasteiger partial charge < -0.3 is 11.1 Å². The lowest BCUT2D eigenvalue weighted by atomic mass is 9.97. The van der Waals surface area contributed by atoms with Crippen LogP contribution < -0.4 is 20.9 Å². The van der Waals surface area contributed by atoms with Crippen LogP contribution in [0.2, 0.25) is 0 Å². The van der Waals surface area contributed by atoms with E-state index in [-0.39, 0.29) is 48.7 Å². The van der Waals surface area contributed by atoms with Gasteiger partial charge in [-0.05, 0) is 30.7 Å². The van der Waals surface area contributed by atoms with Crippen LogP contribution in [0.4, 0.5) is 5.82 Å². The van der Waals surface area contributed by atoms with Gasteiger partial charge in [-0.25, -0.2) is 36.7 Å². The number of primary sulfonamides is 1. The summed E-state index contributed by atoms with van der Waals surface area (Å²) < 4.78 is 54.3. The number of pyridine rings is 1. The highest BCUT2D eigenvalue weighted by molar-refractivity contribution is 7.92. The van der Waals surface area contributed by atoms with E-state index in [4.69, 9.17) is 10.9 Å². The molecule has 2 aliphatic heterocycles. The minimum Gasteiger partial charge on any atom is -0.384 e. The molecule has 0 aliphatic carbocycles. The zero-order valence-corrected chi connectivity index (χ0v) is 20.5. The van der Waals surface area contributed by atoms with Crippen LogP contribution in [-0.2, 0) is 20.0 Å². The first-order valence-corrected chi connectivity index (χ1v) is 12.1. The maximum atomic E-state index is 13.2. The van der Waals surface area contributed by atoms with E-state index >= 15 is 0 Å². The van der Waals surface area contributed by atoms with Gasteiger partial charge in [0, 0.05) is 24.8 Å². The van der Waals surface area contributed by atoms with E-state index in [1.165, 1.54) is 24.4 Å². The Kier molecular flexibility index (Phi) is 7.85. The fourth-order valence-corrected chi connectivity index (χ4v) is 6.40. The van der Waals surface area contributed by atoms with Crippen molar-refractivity contribution >= 4 is 56.5 Å². The summed E-state index contributed by atoms with van der Waals surface area (Å²) in [6, 6.07) is 5.81. The van der Waals surface area contributed by atoms with Crippen molar-refractivity contribution in [3.8, 4) is 11.1 Å². The molecule has 1 fully saturated rings. The quantitative estimate of drug-likeness (QED) is 0.415. The number of hydrogen-bond acceptors (Lipinski definition) is 10. The van der Waals surface area contributed by atoms with Gasteiger partial charge in [-0.15, -0.1) is 29.9 Å². The fourth-order valence-electron chi connectivity index (χ4n) is 3.39. The Morgan fingerprint density at radius 1 is 1.09 bits per heavy atom. The fraction of sp³-hybridized carbons (Fsp3) is 0.294. The van der Waals surface area contributed by atoms with E-state index in [1.807, 2.05) is 0 Å². The lowest BCUT2D eigenvalue weighted by molar-refractivity contribution is 0.279. The maximum Gasteiger partial charge on any atom is 0.242 e. The van der Waals surface area contributed by atoms with Crippen LogP contribution in [0, 0.1) is 0 Å². The average Bonchev–Trinajstić information content (AvgIpc) is 3.20. The topological polar surface area (TPSA) is 194 Å². The van der Waals surface area contributed by atoms with Gasteiger partial charge in [0.15, 0.2) is 12.5 Å². The van der Waals surface area contributed by atoms with Crippen molar-refractivity contribution in [3.05, 3.63) is 36.0 Å². The summed E-state index contributed by atoms with van der Waals surface area (Å²) in [4.78, 5) is 7.02. The molecule has 1 aromatic heterocycles. The zero-order valence-electron chi connectivity index (χ0n) is 17.2. The standard InChI is InChI=1S/C17H20N8O4S2.2ClH/c1-17(7-20-8-17)25-31(28,29)12-4-3-11(10-2-5-13(18)21-6-10)14(15(12)30(19,26)27)16-22-9-23-24-16;;/h2-6,20,25H,7-9H2,1H3,(H2,18,21)(H2,19,26,27);2*1H. The predicted molar refractivity (Wildman–Crippen MR) is 128 cm³/mol. The maximum absolute atomic E-state index is 13.2. The lowest BCUT2D eigenvalue weighted by Gasteiger charge is -2.39. The summed E-state index contributed by atoms with van der Waals surface area (Å²) in [6.45, 7) is 2.50. The predicted octanol–water partition coefficient (Wildman–Crippen LogP) is 0.632. The largest absolute Gasteiger partial charge is 0.384 e. The molecule has 0 atom stereocenters. The Balaban J connectivity index is 0.00000193. The van der Waals surface area contributed by atoms with Crippen molar-refractivity contribution in [2.24, 2.45) is 20.4 Å². The molecule has 6 N–H and O–H groups in total. The van der Waals surface area contributed by atoms with Crippen LogP contribution in [0.1, 0.15) is 12.5 Å². The van der Waals surface area contributed by atoms with Crippen molar-refractivity contribution in [1.29, 1.82) is 0 Å². The number of nitrogens with two attached hydrogens (primary N) is 2. The average molecular weight is 537 g/mol. The Bertz CT molecular complexity index is 1330. The van der Waals surface area contributed by atoms with Crippen molar-refractivity contribution < 1.29 is 16.8 Å². The number of amidine groups is 1. The van der Waals surface area contributed by atoms with E-state index in [0.717, 1.165) is 0 Å². The number of rotatable bonds is 6. The molecule has 0 bridgehead atoms. The number of nitrogens with one attached hydrogen (secondary N) is 2. The first kappa shape index (κ1) is 27.0. The molecule has 33 heavy (non-hydrogen) atoms. The molecular formula is C17H22Cl2N8O4S2. The summed E-state index contributed by atoms with van der Waals surface area (Å²) in [5, 5.41) is 16.1. The number of hydrogen-bond donors (Lipinski definition) is 4. The van der Waals surface area contributed by atoms with E-state index in [2.05, 4.69) is 30.2 Å². The molecule has 0 saturated carbocycles. The second-order valence-electron chi connectivity index (χ2n) is 7.47. The second kappa shape index (κ2) is 9.58. The highest BCUT2D eigenvalue weighted by atomic mass is 35.5. The number of aliphatic imine (C=N–C) groups is 1. The molecule has 4 rings (SSSR count). The molecule has 0 spiro atoms. The molecule has 1 aromatic carbocycles. The molecule has 12 nitrogen and oxygen atoms in total. The number of azo groups is 1. The van der Waals surface area contributed by atoms with Crippen molar-refractivity contribution in [1.82, 2.24) is 15.0 Å². The first-order chi connectivity index (χ1) is 14.5. The van der Waals surface area contributed by atoms with Crippen molar-refractivity contribution in [2.45, 2.75) is 22.3 Å². The zero-order chi connectivity index (χ0) is 22.4. The van der Waals surface area contributed by atoms with Gasteiger partial charge in [0.05, 0.1) is 11.1 Å². The number of halogens is 2. The monoisotopic (exact) mass is 536 g/mol. The van der Waals surface area contributed by atoms with Gasteiger partial charge in [-0.1, -0.05) is 6.07 Å². The van der Waals surface area contributed by atoms with E-state index in [1.54, 1.807) is 13.0 Å². The van der Waals surface area contributed by atoms with Crippen LogP contribution in [0.25, 0.3) is 11.1 Å². The molecule has 16 heteroatoms. The molecule has 2 aromatic rings. The molecule has 2 aliphatic rings. The third-order valence-electron chi connectivity index (χ3n) is 4.88. The lowest BCUT2D eigenvalue weighted by Crippen LogP contribution is -2.66. The Labute approximate surface area is 203 Å². The number of anilines is 1. The van der Waals surface area contributed by atoms with Crippen LogP contribution in [0.5, 0.6) is 0 Å². The van der Waals surface area contributed by atoms with E-state index in [0.29, 0.717) is 24.2 Å². The third-order valence-corrected chi connectivity index (χ3v) is 7.68. The minimum atomic E-state index is -4.53. The highest BCUT2D eigenvalue weighted by Crippen LogP contribution is 2.35. The molecule has 1 saturated heterocycles. The Morgan fingerprint density at radius 3 is 2.27 bits per heavy atom.